The van der Waals surface area contributed by atoms with E-state index in [1.165, 1.54) is 0 Å². The quantitative estimate of drug-likeness (QED) is 0.793. The lowest BCUT2D eigenvalue weighted by molar-refractivity contribution is 0.141. The third kappa shape index (κ3) is 4.09. The molecule has 0 saturated carbocycles. The minimum Gasteiger partial charge on any atom is -0.490 e. The average Bonchev–Trinajstić information content (AvgIpc) is 2.51. The van der Waals surface area contributed by atoms with Gasteiger partial charge in [0.05, 0.1) is 24.9 Å². The fraction of sp³-hybridized carbons (Fsp3) is 0.625. The van der Waals surface area contributed by atoms with Crippen molar-refractivity contribution in [3.05, 3.63) is 23.8 Å². The zero-order valence-corrected chi connectivity index (χ0v) is 13.0. The smallest absolute Gasteiger partial charge is 0.143 e. The standard InChI is InChI=1S/C16H26N2O3/c1-3-18-9-11-21-16-12-13(4-5-14(16)18)15(20)6-7-17(2)8-10-19/h4-5,12,15,19-20H,3,6-11H2,1-2H3. The van der Waals surface area contributed by atoms with E-state index < -0.39 is 6.10 Å². The Labute approximate surface area is 126 Å². The van der Waals surface area contributed by atoms with Crippen molar-refractivity contribution in [2.45, 2.75) is 19.4 Å². The summed E-state index contributed by atoms with van der Waals surface area (Å²) in [5, 5.41) is 19.2. The van der Waals surface area contributed by atoms with E-state index in [0.717, 1.165) is 36.6 Å². The third-order valence-electron chi connectivity index (χ3n) is 3.98. The van der Waals surface area contributed by atoms with Crippen LogP contribution in [0.4, 0.5) is 5.69 Å². The van der Waals surface area contributed by atoms with Crippen molar-refractivity contribution < 1.29 is 14.9 Å². The summed E-state index contributed by atoms with van der Waals surface area (Å²) in [6, 6.07) is 5.97. The Morgan fingerprint density at radius 1 is 1.38 bits per heavy atom. The van der Waals surface area contributed by atoms with Crippen molar-refractivity contribution in [1.82, 2.24) is 4.90 Å². The second-order valence-electron chi connectivity index (χ2n) is 5.49. The van der Waals surface area contributed by atoms with Gasteiger partial charge in [0.1, 0.15) is 12.4 Å². The van der Waals surface area contributed by atoms with Crippen molar-refractivity contribution in [2.24, 2.45) is 0 Å². The molecule has 0 amide bonds. The Kier molecular flexibility index (Phi) is 5.85. The van der Waals surface area contributed by atoms with Crippen molar-refractivity contribution in [3.63, 3.8) is 0 Å². The Morgan fingerprint density at radius 2 is 2.19 bits per heavy atom. The summed E-state index contributed by atoms with van der Waals surface area (Å²) >= 11 is 0. The monoisotopic (exact) mass is 294 g/mol. The van der Waals surface area contributed by atoms with Crippen molar-refractivity contribution in [1.29, 1.82) is 0 Å². The van der Waals surface area contributed by atoms with Crippen LogP contribution in [0.15, 0.2) is 18.2 Å². The fourth-order valence-electron chi connectivity index (χ4n) is 2.62. The van der Waals surface area contributed by atoms with Crippen LogP contribution in [0.2, 0.25) is 0 Å². The number of aliphatic hydroxyl groups is 2. The molecule has 2 N–H and O–H groups in total. The molecule has 1 heterocycles. The van der Waals surface area contributed by atoms with E-state index in [1.807, 2.05) is 30.1 Å². The Balaban J connectivity index is 2.00. The first-order valence-electron chi connectivity index (χ1n) is 7.65. The largest absolute Gasteiger partial charge is 0.490 e. The summed E-state index contributed by atoms with van der Waals surface area (Å²) in [7, 11) is 1.94. The number of hydrogen-bond donors (Lipinski definition) is 2. The van der Waals surface area contributed by atoms with Gasteiger partial charge in [-0.3, -0.25) is 0 Å². The van der Waals surface area contributed by atoms with Gasteiger partial charge in [-0.25, -0.2) is 0 Å². The van der Waals surface area contributed by atoms with E-state index in [4.69, 9.17) is 9.84 Å². The van der Waals surface area contributed by atoms with Gasteiger partial charge in [-0.2, -0.15) is 0 Å². The molecule has 0 bridgehead atoms. The molecule has 2 rings (SSSR count). The zero-order chi connectivity index (χ0) is 15.2. The second kappa shape index (κ2) is 7.64. The molecular formula is C16H26N2O3. The molecule has 1 aliphatic rings. The van der Waals surface area contributed by atoms with Gasteiger partial charge in [0.15, 0.2) is 0 Å². The van der Waals surface area contributed by atoms with E-state index >= 15 is 0 Å². The highest BCUT2D eigenvalue weighted by molar-refractivity contribution is 5.61. The van der Waals surface area contributed by atoms with Gasteiger partial charge in [0.2, 0.25) is 0 Å². The van der Waals surface area contributed by atoms with E-state index in [2.05, 4.69) is 11.8 Å². The van der Waals surface area contributed by atoms with Crippen LogP contribution in [0.25, 0.3) is 0 Å². The molecule has 21 heavy (non-hydrogen) atoms. The molecule has 1 aliphatic heterocycles. The number of anilines is 1. The maximum atomic E-state index is 10.3. The predicted molar refractivity (Wildman–Crippen MR) is 84.0 cm³/mol. The van der Waals surface area contributed by atoms with Crippen molar-refractivity contribution in [3.8, 4) is 5.75 Å². The fourth-order valence-corrected chi connectivity index (χ4v) is 2.62. The first-order chi connectivity index (χ1) is 10.2. The van der Waals surface area contributed by atoms with Crippen LogP contribution in [-0.4, -0.2) is 61.6 Å². The first-order valence-corrected chi connectivity index (χ1v) is 7.65. The van der Waals surface area contributed by atoms with Crippen LogP contribution in [0.3, 0.4) is 0 Å². The average molecular weight is 294 g/mol. The van der Waals surface area contributed by atoms with Gasteiger partial charge in [0.25, 0.3) is 0 Å². The summed E-state index contributed by atoms with van der Waals surface area (Å²) < 4.78 is 5.71. The highest BCUT2D eigenvalue weighted by atomic mass is 16.5. The topological polar surface area (TPSA) is 56.2 Å². The maximum Gasteiger partial charge on any atom is 0.143 e. The van der Waals surface area contributed by atoms with Crippen LogP contribution in [-0.2, 0) is 0 Å². The molecule has 0 aromatic heterocycles. The molecule has 118 valence electrons. The van der Waals surface area contributed by atoms with Gasteiger partial charge in [0, 0.05) is 19.6 Å². The van der Waals surface area contributed by atoms with E-state index in [1.54, 1.807) is 0 Å². The summed E-state index contributed by atoms with van der Waals surface area (Å²) in [6.45, 7) is 6.23. The molecule has 1 atom stereocenters. The Hall–Kier alpha value is -1.30. The van der Waals surface area contributed by atoms with Crippen LogP contribution in [0.5, 0.6) is 5.75 Å². The predicted octanol–water partition coefficient (Wildman–Crippen LogP) is 1.25. The van der Waals surface area contributed by atoms with E-state index in [-0.39, 0.29) is 6.61 Å². The minimum atomic E-state index is -0.503. The van der Waals surface area contributed by atoms with Gasteiger partial charge >= 0.3 is 0 Å². The number of hydrogen-bond acceptors (Lipinski definition) is 5. The molecule has 0 fully saturated rings. The van der Waals surface area contributed by atoms with E-state index in [0.29, 0.717) is 19.6 Å². The molecule has 0 saturated heterocycles. The third-order valence-corrected chi connectivity index (χ3v) is 3.98. The number of nitrogens with zero attached hydrogens (tertiary/aromatic N) is 2. The van der Waals surface area contributed by atoms with Crippen molar-refractivity contribution >= 4 is 5.69 Å². The summed E-state index contributed by atoms with van der Waals surface area (Å²) in [5.41, 5.74) is 2.00. The molecule has 1 unspecified atom stereocenters. The van der Waals surface area contributed by atoms with Crippen LogP contribution in [0, 0.1) is 0 Å². The number of aliphatic hydroxyl groups excluding tert-OH is 2. The number of benzene rings is 1. The maximum absolute atomic E-state index is 10.3. The van der Waals surface area contributed by atoms with Gasteiger partial charge < -0.3 is 24.7 Å². The van der Waals surface area contributed by atoms with Crippen molar-refractivity contribution in [2.75, 3.05) is 51.3 Å². The summed E-state index contributed by atoms with van der Waals surface area (Å²) in [4.78, 5) is 4.29. The van der Waals surface area contributed by atoms with Gasteiger partial charge in [-0.05, 0) is 38.1 Å². The number of likely N-dealkylation sites (N-methyl/N-ethyl adjacent to an activating group) is 2. The zero-order valence-electron chi connectivity index (χ0n) is 13.0. The lowest BCUT2D eigenvalue weighted by atomic mass is 10.0. The summed E-state index contributed by atoms with van der Waals surface area (Å²) in [6.07, 6.45) is 0.143. The highest BCUT2D eigenvalue weighted by Crippen LogP contribution is 2.34. The van der Waals surface area contributed by atoms with Gasteiger partial charge in [-0.15, -0.1) is 0 Å². The second-order valence-corrected chi connectivity index (χ2v) is 5.49. The summed E-state index contributed by atoms with van der Waals surface area (Å²) in [5.74, 6) is 0.864. The van der Waals surface area contributed by atoms with Crippen LogP contribution < -0.4 is 9.64 Å². The Bertz CT molecular complexity index is 453. The van der Waals surface area contributed by atoms with Crippen LogP contribution in [0.1, 0.15) is 25.0 Å². The van der Waals surface area contributed by atoms with E-state index in [9.17, 15) is 5.11 Å². The number of fused-ring (bicyclic) bond motifs is 1. The molecule has 0 aliphatic carbocycles. The number of ether oxygens (including phenoxy) is 1. The minimum absolute atomic E-state index is 0.145. The number of rotatable bonds is 7. The molecular weight excluding hydrogens is 268 g/mol. The Morgan fingerprint density at radius 3 is 2.90 bits per heavy atom. The molecule has 5 nitrogen and oxygen atoms in total. The van der Waals surface area contributed by atoms with Gasteiger partial charge in [-0.1, -0.05) is 6.07 Å². The molecule has 1 aromatic rings. The van der Waals surface area contributed by atoms with Crippen LogP contribution >= 0.6 is 0 Å². The molecule has 0 spiro atoms. The lowest BCUT2D eigenvalue weighted by Gasteiger charge is -2.31. The first kappa shape index (κ1) is 16.1. The molecule has 1 aromatic carbocycles. The normalized spacial score (nSPS) is 15.8. The molecule has 0 radical (unpaired) electrons. The lowest BCUT2D eigenvalue weighted by Crippen LogP contribution is -2.32. The SMILES string of the molecule is CCN1CCOc2cc(C(O)CCN(C)CCO)ccc21. The molecule has 5 heteroatoms. The highest BCUT2D eigenvalue weighted by Gasteiger charge is 2.19.